The zero-order chi connectivity index (χ0) is 26.5. The van der Waals surface area contributed by atoms with Crippen molar-refractivity contribution in [2.45, 2.75) is 26.6 Å². The topological polar surface area (TPSA) is 93.6 Å². The fourth-order valence-electron chi connectivity index (χ4n) is 4.31. The average molecular weight is 504 g/mol. The molecule has 2 amide bonds. The quantitative estimate of drug-likeness (QED) is 0.461. The monoisotopic (exact) mass is 503 g/mol. The molecule has 8 heteroatoms. The minimum absolute atomic E-state index is 0.0267. The molecule has 8 nitrogen and oxygen atoms in total. The first-order valence-electron chi connectivity index (χ1n) is 12.3. The summed E-state index contributed by atoms with van der Waals surface area (Å²) in [6.07, 6.45) is 0. The highest BCUT2D eigenvalue weighted by Crippen LogP contribution is 2.33. The average Bonchev–Trinajstić information content (AvgIpc) is 3.32. The van der Waals surface area contributed by atoms with Crippen LogP contribution in [0, 0.1) is 0 Å². The van der Waals surface area contributed by atoms with Crippen LogP contribution in [0.4, 0.5) is 0 Å². The maximum absolute atomic E-state index is 13.4. The Hall–Kier alpha value is -4.04. The molecule has 3 aromatic carbocycles. The van der Waals surface area contributed by atoms with E-state index >= 15 is 0 Å². The van der Waals surface area contributed by atoms with Crippen molar-refractivity contribution < 1.29 is 24.5 Å². The molecule has 0 unspecified atom stereocenters. The Balaban J connectivity index is 1.47. The summed E-state index contributed by atoms with van der Waals surface area (Å²) < 4.78 is 5.87. The molecule has 0 fully saturated rings. The van der Waals surface area contributed by atoms with Crippen LogP contribution in [0.3, 0.4) is 0 Å². The van der Waals surface area contributed by atoms with Crippen LogP contribution in [0.1, 0.15) is 44.3 Å². The highest BCUT2D eigenvalue weighted by molar-refractivity contribution is 6.03. The van der Waals surface area contributed by atoms with Crippen molar-refractivity contribution in [1.29, 1.82) is 0 Å². The van der Waals surface area contributed by atoms with E-state index in [1.807, 2.05) is 55.6 Å². The van der Waals surface area contributed by atoms with Gasteiger partial charge in [0, 0.05) is 39.3 Å². The SMILES string of the molecule is CCN(C)CCOc1ccc2c(c1)CN(C(=O)c1cc(C(=O)N(C)Cc3ccccc3)c(O)cc1O)C2. The van der Waals surface area contributed by atoms with Crippen LogP contribution in [-0.4, -0.2) is 70.5 Å². The van der Waals surface area contributed by atoms with E-state index in [1.54, 1.807) is 11.9 Å². The maximum Gasteiger partial charge on any atom is 0.258 e. The molecule has 3 aromatic rings. The van der Waals surface area contributed by atoms with Gasteiger partial charge in [0.25, 0.3) is 11.8 Å². The number of phenols is 2. The van der Waals surface area contributed by atoms with Crippen molar-refractivity contribution in [1.82, 2.24) is 14.7 Å². The van der Waals surface area contributed by atoms with Crippen LogP contribution in [0.5, 0.6) is 17.2 Å². The van der Waals surface area contributed by atoms with Gasteiger partial charge >= 0.3 is 0 Å². The zero-order valence-electron chi connectivity index (χ0n) is 21.5. The molecule has 0 aliphatic carbocycles. The Bertz CT molecular complexity index is 1280. The fraction of sp³-hybridized carbons (Fsp3) is 0.310. The molecule has 0 aromatic heterocycles. The molecule has 0 saturated heterocycles. The summed E-state index contributed by atoms with van der Waals surface area (Å²) >= 11 is 0. The molecule has 0 atom stereocenters. The van der Waals surface area contributed by atoms with Gasteiger partial charge in [-0.3, -0.25) is 9.59 Å². The number of phenolic OH excluding ortho intramolecular Hbond substituents is 2. The minimum Gasteiger partial charge on any atom is -0.507 e. The van der Waals surface area contributed by atoms with Crippen LogP contribution >= 0.6 is 0 Å². The van der Waals surface area contributed by atoms with E-state index in [0.29, 0.717) is 26.2 Å². The Morgan fingerprint density at radius 2 is 1.62 bits per heavy atom. The second-order valence-electron chi connectivity index (χ2n) is 9.37. The number of amides is 2. The minimum atomic E-state index is -0.449. The normalized spacial score (nSPS) is 12.5. The fourth-order valence-corrected chi connectivity index (χ4v) is 4.31. The van der Waals surface area contributed by atoms with Gasteiger partial charge in [0.15, 0.2) is 0 Å². The lowest BCUT2D eigenvalue weighted by Gasteiger charge is -2.20. The Kier molecular flexibility index (Phi) is 7.98. The summed E-state index contributed by atoms with van der Waals surface area (Å²) in [5, 5.41) is 20.9. The van der Waals surface area contributed by atoms with Crippen LogP contribution in [0.25, 0.3) is 0 Å². The lowest BCUT2D eigenvalue weighted by Crippen LogP contribution is -2.28. The van der Waals surface area contributed by atoms with Gasteiger partial charge in [-0.05, 0) is 48.5 Å². The first-order chi connectivity index (χ1) is 17.8. The largest absolute Gasteiger partial charge is 0.507 e. The number of rotatable bonds is 9. The Morgan fingerprint density at radius 3 is 2.35 bits per heavy atom. The zero-order valence-corrected chi connectivity index (χ0v) is 21.5. The lowest BCUT2D eigenvalue weighted by atomic mass is 10.1. The summed E-state index contributed by atoms with van der Waals surface area (Å²) in [6, 6.07) is 17.6. The smallest absolute Gasteiger partial charge is 0.258 e. The molecule has 0 spiro atoms. The molecule has 1 aliphatic rings. The first kappa shape index (κ1) is 26.0. The number of hydrogen-bond donors (Lipinski definition) is 2. The molecule has 4 rings (SSSR count). The van der Waals surface area contributed by atoms with Gasteiger partial charge in [0.2, 0.25) is 0 Å². The molecular formula is C29H33N3O5. The van der Waals surface area contributed by atoms with E-state index in [2.05, 4.69) is 11.8 Å². The molecule has 1 heterocycles. The van der Waals surface area contributed by atoms with E-state index in [4.69, 9.17) is 4.74 Å². The molecular weight excluding hydrogens is 470 g/mol. The summed E-state index contributed by atoms with van der Waals surface area (Å²) in [7, 11) is 3.66. The number of fused-ring (bicyclic) bond motifs is 1. The van der Waals surface area contributed by atoms with Crippen LogP contribution < -0.4 is 4.74 Å². The van der Waals surface area contributed by atoms with E-state index < -0.39 is 11.8 Å². The number of benzene rings is 3. The predicted octanol–water partition coefficient (Wildman–Crippen LogP) is 3.86. The lowest BCUT2D eigenvalue weighted by molar-refractivity contribution is 0.0748. The molecule has 0 saturated carbocycles. The third-order valence-electron chi connectivity index (χ3n) is 6.65. The van der Waals surface area contributed by atoms with Crippen molar-refractivity contribution in [2.75, 3.05) is 33.8 Å². The molecule has 2 N–H and O–H groups in total. The molecule has 1 aliphatic heterocycles. The third kappa shape index (κ3) is 6.03. The first-order valence-corrected chi connectivity index (χ1v) is 12.3. The highest BCUT2D eigenvalue weighted by Gasteiger charge is 2.28. The number of nitrogens with zero attached hydrogens (tertiary/aromatic N) is 3. The van der Waals surface area contributed by atoms with Gasteiger partial charge in [-0.2, -0.15) is 0 Å². The summed E-state index contributed by atoms with van der Waals surface area (Å²) in [6.45, 7) is 5.51. The van der Waals surface area contributed by atoms with Gasteiger partial charge in [-0.25, -0.2) is 0 Å². The molecule has 0 radical (unpaired) electrons. The Labute approximate surface area is 217 Å². The molecule has 194 valence electrons. The number of carbonyl (C=O) groups excluding carboxylic acids is 2. The van der Waals surface area contributed by atoms with E-state index in [9.17, 15) is 19.8 Å². The van der Waals surface area contributed by atoms with Gasteiger partial charge in [-0.15, -0.1) is 0 Å². The van der Waals surface area contributed by atoms with E-state index in [-0.39, 0.29) is 22.6 Å². The van der Waals surface area contributed by atoms with Gasteiger partial charge in [0.05, 0.1) is 11.1 Å². The van der Waals surface area contributed by atoms with Crippen molar-refractivity contribution in [3.05, 3.63) is 88.5 Å². The van der Waals surface area contributed by atoms with Crippen molar-refractivity contribution >= 4 is 11.8 Å². The highest BCUT2D eigenvalue weighted by atomic mass is 16.5. The summed E-state index contributed by atoms with van der Waals surface area (Å²) in [5.41, 5.74) is 2.85. The Morgan fingerprint density at radius 1 is 0.919 bits per heavy atom. The maximum atomic E-state index is 13.4. The standard InChI is InChI=1S/C29H33N3O5/c1-4-30(2)12-13-37-23-11-10-21-18-32(19-22(21)14-23)29(36)25-15-24(26(33)16-27(25)34)28(35)31(3)17-20-8-6-5-7-9-20/h5-11,14-16,33-34H,4,12-13,17-19H2,1-3H3. The second-order valence-corrected chi connectivity index (χ2v) is 9.37. The number of likely N-dealkylation sites (N-methyl/N-ethyl adjacent to an activating group) is 1. The number of ether oxygens (including phenoxy) is 1. The van der Waals surface area contributed by atoms with Crippen LogP contribution in [0.2, 0.25) is 0 Å². The predicted molar refractivity (Wildman–Crippen MR) is 141 cm³/mol. The third-order valence-corrected chi connectivity index (χ3v) is 6.65. The molecule has 0 bridgehead atoms. The summed E-state index contributed by atoms with van der Waals surface area (Å²) in [4.78, 5) is 31.7. The van der Waals surface area contributed by atoms with E-state index in [0.717, 1.165) is 41.6 Å². The van der Waals surface area contributed by atoms with Gasteiger partial charge < -0.3 is 29.6 Å². The van der Waals surface area contributed by atoms with Crippen LogP contribution in [0.15, 0.2) is 60.7 Å². The van der Waals surface area contributed by atoms with Gasteiger partial charge in [-0.1, -0.05) is 43.3 Å². The van der Waals surface area contributed by atoms with Crippen molar-refractivity contribution in [3.8, 4) is 17.2 Å². The number of carbonyl (C=O) groups is 2. The molecule has 37 heavy (non-hydrogen) atoms. The van der Waals surface area contributed by atoms with E-state index in [1.165, 1.54) is 11.0 Å². The number of aromatic hydroxyl groups is 2. The van der Waals surface area contributed by atoms with Crippen LogP contribution in [-0.2, 0) is 19.6 Å². The van der Waals surface area contributed by atoms with Crippen molar-refractivity contribution in [3.63, 3.8) is 0 Å². The second kappa shape index (κ2) is 11.3. The summed E-state index contributed by atoms with van der Waals surface area (Å²) in [5.74, 6) is -0.862. The number of hydrogen-bond acceptors (Lipinski definition) is 6. The van der Waals surface area contributed by atoms with Crippen molar-refractivity contribution in [2.24, 2.45) is 0 Å². The van der Waals surface area contributed by atoms with Gasteiger partial charge in [0.1, 0.15) is 23.9 Å².